The lowest BCUT2D eigenvalue weighted by Gasteiger charge is -2.15. The topological polar surface area (TPSA) is 75.6 Å². The third kappa shape index (κ3) is 4.79. The number of alkyl halides is 3. The number of halogens is 3. The quantitative estimate of drug-likeness (QED) is 0.827. The summed E-state index contributed by atoms with van der Waals surface area (Å²) >= 11 is 0. The lowest BCUT2D eigenvalue weighted by molar-refractivity contribution is -0.150. The number of ether oxygens (including phenoxy) is 1. The highest BCUT2D eigenvalue weighted by Crippen LogP contribution is 2.30. The Balaban J connectivity index is 2.52. The van der Waals surface area contributed by atoms with Crippen LogP contribution in [0.5, 0.6) is 5.75 Å². The second-order valence-corrected chi connectivity index (χ2v) is 3.97. The average Bonchev–Trinajstić information content (AvgIpc) is 2.35. The molecule has 0 radical (unpaired) electrons. The number of carbonyl (C=O) groups is 2. The summed E-state index contributed by atoms with van der Waals surface area (Å²) in [6.45, 7) is 1.46. The monoisotopic (exact) mass is 291 g/mol. The van der Waals surface area contributed by atoms with Crippen molar-refractivity contribution < 1.29 is 32.6 Å². The Kier molecular flexibility index (Phi) is 4.95. The summed E-state index contributed by atoms with van der Waals surface area (Å²) < 4.78 is 42.2. The van der Waals surface area contributed by atoms with Gasteiger partial charge in [-0.3, -0.25) is 4.79 Å². The fraction of sp³-hybridized carbons (Fsp3) is 0.333. The number of rotatable bonds is 4. The molecule has 0 bridgehead atoms. The molecule has 110 valence electrons. The second-order valence-electron chi connectivity index (χ2n) is 3.97. The van der Waals surface area contributed by atoms with E-state index in [0.717, 1.165) is 24.3 Å². The van der Waals surface area contributed by atoms with Gasteiger partial charge in [-0.25, -0.2) is 4.79 Å². The van der Waals surface area contributed by atoms with Crippen LogP contribution in [0, 0.1) is 0 Å². The van der Waals surface area contributed by atoms with Gasteiger partial charge in [-0.15, -0.1) is 0 Å². The molecular weight excluding hydrogens is 279 g/mol. The van der Waals surface area contributed by atoms with Crippen LogP contribution in [0.25, 0.3) is 0 Å². The maximum Gasteiger partial charge on any atom is 0.416 e. The zero-order chi connectivity index (χ0) is 15.3. The van der Waals surface area contributed by atoms with E-state index in [-0.39, 0.29) is 12.3 Å². The summed E-state index contributed by atoms with van der Waals surface area (Å²) in [5, 5.41) is 10.4. The van der Waals surface area contributed by atoms with E-state index >= 15 is 0 Å². The van der Waals surface area contributed by atoms with Crippen molar-refractivity contribution in [3.05, 3.63) is 29.8 Å². The van der Waals surface area contributed by atoms with Gasteiger partial charge in [0.1, 0.15) is 11.9 Å². The SMILES string of the molecule is CC(CNC(=O)C(=O)O)Oc1ccc(C(F)(F)F)cc1. The van der Waals surface area contributed by atoms with E-state index < -0.39 is 29.7 Å². The molecule has 2 N–H and O–H groups in total. The predicted molar refractivity (Wildman–Crippen MR) is 62.2 cm³/mol. The molecule has 1 amide bonds. The van der Waals surface area contributed by atoms with E-state index in [9.17, 15) is 22.8 Å². The van der Waals surface area contributed by atoms with E-state index in [2.05, 4.69) is 5.32 Å². The molecule has 0 spiro atoms. The first-order valence-corrected chi connectivity index (χ1v) is 5.55. The third-order valence-electron chi connectivity index (χ3n) is 2.26. The molecule has 20 heavy (non-hydrogen) atoms. The Bertz CT molecular complexity index is 484. The molecule has 0 saturated heterocycles. The predicted octanol–water partition coefficient (Wildman–Crippen LogP) is 1.67. The van der Waals surface area contributed by atoms with Crippen molar-refractivity contribution in [1.82, 2.24) is 5.32 Å². The number of nitrogens with one attached hydrogen (secondary N) is 1. The molecule has 0 aliphatic heterocycles. The van der Waals surface area contributed by atoms with Crippen molar-refractivity contribution in [3.63, 3.8) is 0 Å². The van der Waals surface area contributed by atoms with Crippen molar-refractivity contribution >= 4 is 11.9 Å². The van der Waals surface area contributed by atoms with E-state index in [0.29, 0.717) is 0 Å². The fourth-order valence-electron chi connectivity index (χ4n) is 1.31. The minimum atomic E-state index is -4.42. The number of carboxylic acid groups (broad SMARTS) is 1. The number of carbonyl (C=O) groups excluding carboxylic acids is 1. The van der Waals surface area contributed by atoms with Gasteiger partial charge < -0.3 is 15.2 Å². The van der Waals surface area contributed by atoms with Crippen LogP contribution in [0.3, 0.4) is 0 Å². The molecule has 0 aliphatic carbocycles. The van der Waals surface area contributed by atoms with Gasteiger partial charge in [-0.05, 0) is 31.2 Å². The van der Waals surface area contributed by atoms with Crippen LogP contribution in [0.2, 0.25) is 0 Å². The molecule has 0 aromatic heterocycles. The van der Waals surface area contributed by atoms with Crippen molar-refractivity contribution in [3.8, 4) is 5.75 Å². The lowest BCUT2D eigenvalue weighted by Crippen LogP contribution is -2.37. The van der Waals surface area contributed by atoms with Crippen LogP contribution >= 0.6 is 0 Å². The molecule has 1 aromatic rings. The summed E-state index contributed by atoms with van der Waals surface area (Å²) in [6.07, 6.45) is -5.00. The zero-order valence-electron chi connectivity index (χ0n) is 10.4. The summed E-state index contributed by atoms with van der Waals surface area (Å²) in [4.78, 5) is 21.0. The smallest absolute Gasteiger partial charge is 0.416 e. The highest BCUT2D eigenvalue weighted by atomic mass is 19.4. The van der Waals surface area contributed by atoms with Gasteiger partial charge in [-0.2, -0.15) is 13.2 Å². The highest BCUT2D eigenvalue weighted by Gasteiger charge is 2.30. The zero-order valence-corrected chi connectivity index (χ0v) is 10.4. The third-order valence-corrected chi connectivity index (χ3v) is 2.26. The molecule has 5 nitrogen and oxygen atoms in total. The minimum absolute atomic E-state index is 0.0772. The van der Waals surface area contributed by atoms with Crippen LogP contribution < -0.4 is 10.1 Å². The Hall–Kier alpha value is -2.25. The summed E-state index contributed by atoms with van der Waals surface area (Å²) in [6, 6.07) is 4.05. The van der Waals surface area contributed by atoms with Crippen LogP contribution in [-0.4, -0.2) is 29.6 Å². The molecule has 1 rings (SSSR count). The van der Waals surface area contributed by atoms with E-state index in [1.165, 1.54) is 0 Å². The van der Waals surface area contributed by atoms with Gasteiger partial charge in [0.2, 0.25) is 0 Å². The van der Waals surface area contributed by atoms with Gasteiger partial charge >= 0.3 is 18.1 Å². The second kappa shape index (κ2) is 6.27. The van der Waals surface area contributed by atoms with Crippen molar-refractivity contribution in [2.24, 2.45) is 0 Å². The molecule has 1 aromatic carbocycles. The molecule has 0 fully saturated rings. The number of carboxylic acids is 1. The van der Waals surface area contributed by atoms with Crippen LogP contribution in [-0.2, 0) is 15.8 Å². The van der Waals surface area contributed by atoms with Gasteiger partial charge in [0, 0.05) is 0 Å². The number of hydrogen-bond acceptors (Lipinski definition) is 3. The lowest BCUT2D eigenvalue weighted by atomic mass is 10.2. The van der Waals surface area contributed by atoms with Gasteiger partial charge in [-0.1, -0.05) is 0 Å². The molecular formula is C12H12F3NO4. The summed E-state index contributed by atoms with van der Waals surface area (Å²) in [5.74, 6) is -2.60. The Labute approximate surface area is 112 Å². The Morgan fingerprint density at radius 1 is 1.30 bits per heavy atom. The first kappa shape index (κ1) is 15.8. The van der Waals surface area contributed by atoms with Gasteiger partial charge in [0.05, 0.1) is 12.1 Å². The van der Waals surface area contributed by atoms with Crippen LogP contribution in [0.4, 0.5) is 13.2 Å². The normalized spacial score (nSPS) is 12.6. The molecule has 0 heterocycles. The Morgan fingerprint density at radius 2 is 1.85 bits per heavy atom. The summed E-state index contributed by atoms with van der Waals surface area (Å²) in [7, 11) is 0. The number of benzene rings is 1. The largest absolute Gasteiger partial charge is 0.489 e. The first-order chi connectivity index (χ1) is 9.20. The molecule has 1 atom stereocenters. The van der Waals surface area contributed by atoms with E-state index in [4.69, 9.17) is 9.84 Å². The standard InChI is InChI=1S/C12H12F3NO4/c1-7(6-16-10(17)11(18)19)20-9-4-2-8(3-5-9)12(13,14)15/h2-5,7H,6H2,1H3,(H,16,17)(H,18,19). The van der Waals surface area contributed by atoms with Crippen LogP contribution in [0.1, 0.15) is 12.5 Å². The molecule has 8 heteroatoms. The van der Waals surface area contributed by atoms with Crippen molar-refractivity contribution in [1.29, 1.82) is 0 Å². The van der Waals surface area contributed by atoms with Gasteiger partial charge in [0.15, 0.2) is 0 Å². The summed E-state index contributed by atoms with van der Waals surface area (Å²) in [5.41, 5.74) is -0.795. The minimum Gasteiger partial charge on any atom is -0.489 e. The number of amides is 1. The van der Waals surface area contributed by atoms with E-state index in [1.54, 1.807) is 6.92 Å². The maximum atomic E-state index is 12.3. The average molecular weight is 291 g/mol. The Morgan fingerprint density at radius 3 is 2.30 bits per heavy atom. The maximum absolute atomic E-state index is 12.3. The van der Waals surface area contributed by atoms with Gasteiger partial charge in [0.25, 0.3) is 0 Å². The number of aliphatic carboxylic acids is 1. The fourth-order valence-corrected chi connectivity index (χ4v) is 1.31. The molecule has 0 saturated carbocycles. The number of hydrogen-bond donors (Lipinski definition) is 2. The molecule has 1 unspecified atom stereocenters. The van der Waals surface area contributed by atoms with Crippen LogP contribution in [0.15, 0.2) is 24.3 Å². The van der Waals surface area contributed by atoms with E-state index in [1.807, 2.05) is 0 Å². The first-order valence-electron chi connectivity index (χ1n) is 5.55. The molecule has 0 aliphatic rings. The van der Waals surface area contributed by atoms with Crippen molar-refractivity contribution in [2.75, 3.05) is 6.54 Å². The van der Waals surface area contributed by atoms with Crippen molar-refractivity contribution in [2.45, 2.75) is 19.2 Å². The highest BCUT2D eigenvalue weighted by molar-refractivity contribution is 6.31.